The van der Waals surface area contributed by atoms with E-state index in [1.807, 2.05) is 0 Å². The molecular weight excluding hydrogens is 247 g/mol. The van der Waals surface area contributed by atoms with E-state index < -0.39 is 11.8 Å². The molecule has 0 unspecified atom stereocenters. The SMILES string of the molecule is CCCCCCCOc1ccc(C(=O)OC)cc1F. The fourth-order valence-electron chi connectivity index (χ4n) is 1.75. The first-order valence-corrected chi connectivity index (χ1v) is 6.69. The Bertz CT molecular complexity index is 404. The van der Waals surface area contributed by atoms with E-state index in [0.29, 0.717) is 6.61 Å². The standard InChI is InChI=1S/C15H21FO3/c1-3-4-5-6-7-10-19-14-9-8-12(11-13(14)16)15(17)18-2/h8-9,11H,3-7,10H2,1-2H3. The van der Waals surface area contributed by atoms with Crippen molar-refractivity contribution < 1.29 is 18.7 Å². The third-order valence-corrected chi connectivity index (χ3v) is 2.86. The molecule has 0 saturated carbocycles. The molecule has 0 atom stereocenters. The minimum Gasteiger partial charge on any atom is -0.491 e. The average molecular weight is 268 g/mol. The third kappa shape index (κ3) is 5.28. The molecule has 0 fully saturated rings. The first kappa shape index (κ1) is 15.5. The first-order valence-electron chi connectivity index (χ1n) is 6.69. The van der Waals surface area contributed by atoms with Crippen LogP contribution in [0.25, 0.3) is 0 Å². The molecule has 1 aromatic carbocycles. The van der Waals surface area contributed by atoms with Crippen molar-refractivity contribution in [2.45, 2.75) is 39.0 Å². The molecular formula is C15H21FO3. The summed E-state index contributed by atoms with van der Waals surface area (Å²) in [5, 5.41) is 0. The fourth-order valence-corrected chi connectivity index (χ4v) is 1.75. The summed E-state index contributed by atoms with van der Waals surface area (Å²) < 4.78 is 23.5. The molecule has 0 aromatic heterocycles. The van der Waals surface area contributed by atoms with Crippen LogP contribution in [0, 0.1) is 5.82 Å². The number of ether oxygens (including phenoxy) is 2. The van der Waals surface area contributed by atoms with E-state index in [2.05, 4.69) is 11.7 Å². The zero-order valence-electron chi connectivity index (χ0n) is 11.6. The van der Waals surface area contributed by atoms with Gasteiger partial charge in [0, 0.05) is 0 Å². The van der Waals surface area contributed by atoms with Crippen LogP contribution in [0.3, 0.4) is 0 Å². The molecule has 0 heterocycles. The third-order valence-electron chi connectivity index (χ3n) is 2.86. The molecule has 0 radical (unpaired) electrons. The monoisotopic (exact) mass is 268 g/mol. The van der Waals surface area contributed by atoms with Crippen molar-refractivity contribution in [3.8, 4) is 5.75 Å². The van der Waals surface area contributed by atoms with E-state index in [1.165, 1.54) is 38.5 Å². The predicted molar refractivity (Wildman–Crippen MR) is 72.0 cm³/mol. The Morgan fingerprint density at radius 2 is 1.95 bits per heavy atom. The van der Waals surface area contributed by atoms with Gasteiger partial charge in [0.15, 0.2) is 11.6 Å². The molecule has 0 aliphatic heterocycles. The summed E-state index contributed by atoms with van der Waals surface area (Å²) in [4.78, 5) is 11.2. The maximum Gasteiger partial charge on any atom is 0.337 e. The van der Waals surface area contributed by atoms with Crippen LogP contribution < -0.4 is 4.74 Å². The number of hydrogen-bond acceptors (Lipinski definition) is 3. The molecule has 1 aromatic rings. The summed E-state index contributed by atoms with van der Waals surface area (Å²) in [7, 11) is 1.26. The number of halogens is 1. The van der Waals surface area contributed by atoms with Crippen molar-refractivity contribution in [1.82, 2.24) is 0 Å². The molecule has 4 heteroatoms. The highest BCUT2D eigenvalue weighted by Gasteiger charge is 2.10. The van der Waals surface area contributed by atoms with Crippen LogP contribution in [0.4, 0.5) is 4.39 Å². The van der Waals surface area contributed by atoms with E-state index in [1.54, 1.807) is 0 Å². The predicted octanol–water partition coefficient (Wildman–Crippen LogP) is 3.96. The van der Waals surface area contributed by atoms with E-state index in [9.17, 15) is 9.18 Å². The van der Waals surface area contributed by atoms with Gasteiger partial charge in [-0.1, -0.05) is 32.6 Å². The van der Waals surface area contributed by atoms with Crippen molar-refractivity contribution in [1.29, 1.82) is 0 Å². The van der Waals surface area contributed by atoms with Gasteiger partial charge in [-0.2, -0.15) is 0 Å². The smallest absolute Gasteiger partial charge is 0.337 e. The molecule has 0 aliphatic carbocycles. The second kappa shape index (κ2) is 8.51. The van der Waals surface area contributed by atoms with Crippen LogP contribution >= 0.6 is 0 Å². The molecule has 19 heavy (non-hydrogen) atoms. The van der Waals surface area contributed by atoms with E-state index in [-0.39, 0.29) is 11.3 Å². The molecule has 106 valence electrons. The Labute approximate surface area is 113 Å². The Hall–Kier alpha value is -1.58. The summed E-state index contributed by atoms with van der Waals surface area (Å²) in [5.41, 5.74) is 0.190. The lowest BCUT2D eigenvalue weighted by atomic mass is 10.2. The normalized spacial score (nSPS) is 10.3. The number of esters is 1. The van der Waals surface area contributed by atoms with Gasteiger partial charge in [-0.05, 0) is 24.6 Å². The molecule has 3 nitrogen and oxygen atoms in total. The number of unbranched alkanes of at least 4 members (excludes halogenated alkanes) is 4. The number of carbonyl (C=O) groups is 1. The maximum atomic E-state index is 13.6. The topological polar surface area (TPSA) is 35.5 Å². The lowest BCUT2D eigenvalue weighted by Gasteiger charge is -2.08. The highest BCUT2D eigenvalue weighted by molar-refractivity contribution is 5.89. The van der Waals surface area contributed by atoms with Crippen LogP contribution in [0.5, 0.6) is 5.75 Å². The Kier molecular flexibility index (Phi) is 6.93. The van der Waals surface area contributed by atoms with Crippen molar-refractivity contribution in [2.24, 2.45) is 0 Å². The lowest BCUT2D eigenvalue weighted by molar-refractivity contribution is 0.0600. The van der Waals surface area contributed by atoms with Crippen LogP contribution in [-0.4, -0.2) is 19.7 Å². The summed E-state index contributed by atoms with van der Waals surface area (Å²) in [6.45, 7) is 2.66. The Morgan fingerprint density at radius 1 is 1.21 bits per heavy atom. The van der Waals surface area contributed by atoms with Crippen molar-refractivity contribution in [3.05, 3.63) is 29.6 Å². The highest BCUT2D eigenvalue weighted by atomic mass is 19.1. The van der Waals surface area contributed by atoms with Gasteiger partial charge < -0.3 is 9.47 Å². The fraction of sp³-hybridized carbons (Fsp3) is 0.533. The summed E-state index contributed by atoms with van der Waals surface area (Å²) >= 11 is 0. The molecule has 0 bridgehead atoms. The van der Waals surface area contributed by atoms with Crippen molar-refractivity contribution in [2.75, 3.05) is 13.7 Å². The van der Waals surface area contributed by atoms with Gasteiger partial charge in [-0.15, -0.1) is 0 Å². The minimum absolute atomic E-state index is 0.183. The molecule has 0 aliphatic rings. The van der Waals surface area contributed by atoms with Gasteiger partial charge in [0.1, 0.15) is 0 Å². The van der Waals surface area contributed by atoms with Crippen LogP contribution in [0.1, 0.15) is 49.4 Å². The quantitative estimate of drug-likeness (QED) is 0.529. The van der Waals surface area contributed by atoms with E-state index in [4.69, 9.17) is 4.74 Å². The zero-order chi connectivity index (χ0) is 14.1. The molecule has 0 spiro atoms. The van der Waals surface area contributed by atoms with Crippen molar-refractivity contribution >= 4 is 5.97 Å². The van der Waals surface area contributed by atoms with Gasteiger partial charge in [0.2, 0.25) is 0 Å². The zero-order valence-corrected chi connectivity index (χ0v) is 11.6. The summed E-state index contributed by atoms with van der Waals surface area (Å²) in [6, 6.07) is 4.10. The average Bonchev–Trinajstić information content (AvgIpc) is 2.43. The summed E-state index contributed by atoms with van der Waals surface area (Å²) in [5.74, 6) is -0.899. The number of benzene rings is 1. The van der Waals surface area contributed by atoms with Gasteiger partial charge >= 0.3 is 5.97 Å². The number of methoxy groups -OCH3 is 1. The lowest BCUT2D eigenvalue weighted by Crippen LogP contribution is -2.04. The Morgan fingerprint density at radius 3 is 2.58 bits per heavy atom. The maximum absolute atomic E-state index is 13.6. The molecule has 0 amide bonds. The largest absolute Gasteiger partial charge is 0.491 e. The van der Waals surface area contributed by atoms with Gasteiger partial charge in [-0.3, -0.25) is 0 Å². The van der Waals surface area contributed by atoms with E-state index in [0.717, 1.165) is 18.9 Å². The van der Waals surface area contributed by atoms with Crippen LogP contribution in [0.15, 0.2) is 18.2 Å². The van der Waals surface area contributed by atoms with E-state index >= 15 is 0 Å². The van der Waals surface area contributed by atoms with Crippen molar-refractivity contribution in [3.63, 3.8) is 0 Å². The molecule has 1 rings (SSSR count). The number of carbonyl (C=O) groups excluding carboxylic acids is 1. The summed E-state index contributed by atoms with van der Waals surface area (Å²) in [6.07, 6.45) is 5.62. The highest BCUT2D eigenvalue weighted by Crippen LogP contribution is 2.19. The van der Waals surface area contributed by atoms with Gasteiger partial charge in [-0.25, -0.2) is 9.18 Å². The van der Waals surface area contributed by atoms with Crippen LogP contribution in [0.2, 0.25) is 0 Å². The molecule has 0 saturated heterocycles. The second-order valence-electron chi connectivity index (χ2n) is 4.40. The number of rotatable bonds is 8. The van der Waals surface area contributed by atoms with Gasteiger partial charge in [0.25, 0.3) is 0 Å². The minimum atomic E-state index is -0.551. The number of hydrogen-bond donors (Lipinski definition) is 0. The second-order valence-corrected chi connectivity index (χ2v) is 4.40. The molecule has 0 N–H and O–H groups in total. The first-order chi connectivity index (χ1) is 9.19. The van der Waals surface area contributed by atoms with Crippen LogP contribution in [-0.2, 0) is 4.74 Å². The Balaban J connectivity index is 2.40. The van der Waals surface area contributed by atoms with Gasteiger partial charge in [0.05, 0.1) is 19.3 Å².